The van der Waals surface area contributed by atoms with E-state index in [1.807, 2.05) is 6.07 Å². The summed E-state index contributed by atoms with van der Waals surface area (Å²) >= 11 is 0. The van der Waals surface area contributed by atoms with E-state index in [4.69, 9.17) is 5.73 Å². The van der Waals surface area contributed by atoms with Gasteiger partial charge in [0.1, 0.15) is 0 Å². The van der Waals surface area contributed by atoms with Gasteiger partial charge in [0.2, 0.25) is 17.8 Å². The van der Waals surface area contributed by atoms with Gasteiger partial charge in [-0.1, -0.05) is 0 Å². The largest absolute Gasteiger partial charge is 0.369 e. The molecule has 2 bridgehead atoms. The lowest BCUT2D eigenvalue weighted by Crippen LogP contribution is -2.52. The summed E-state index contributed by atoms with van der Waals surface area (Å²) in [7, 11) is 0. The Kier molecular flexibility index (Phi) is 6.51. The van der Waals surface area contributed by atoms with Gasteiger partial charge in [-0.3, -0.25) is 14.5 Å². The van der Waals surface area contributed by atoms with Gasteiger partial charge in [-0.15, -0.1) is 0 Å². The zero-order valence-electron chi connectivity index (χ0n) is 17.9. The molecule has 0 aromatic carbocycles. The minimum absolute atomic E-state index is 0.0381. The van der Waals surface area contributed by atoms with E-state index in [-0.39, 0.29) is 23.7 Å². The number of hydrogen-bond donors (Lipinski definition) is 2. The molecule has 8 nitrogen and oxygen atoms in total. The first-order valence-electron chi connectivity index (χ1n) is 11.4. The molecule has 1 aromatic heterocycles. The Morgan fingerprint density at radius 3 is 2.57 bits per heavy atom. The van der Waals surface area contributed by atoms with Crippen LogP contribution >= 0.6 is 0 Å². The number of hydrogen-bond acceptors (Lipinski definition) is 6. The second kappa shape index (κ2) is 9.29. The van der Waals surface area contributed by atoms with Crippen molar-refractivity contribution in [3.05, 3.63) is 18.5 Å². The first-order chi connectivity index (χ1) is 14.5. The van der Waals surface area contributed by atoms with Crippen LogP contribution in [0.15, 0.2) is 18.5 Å². The van der Waals surface area contributed by atoms with Crippen LogP contribution in [0.3, 0.4) is 0 Å². The summed E-state index contributed by atoms with van der Waals surface area (Å²) in [5.74, 6) is 0.768. The fourth-order valence-electron chi connectivity index (χ4n) is 5.84. The zero-order chi connectivity index (χ0) is 21.1. The second-order valence-corrected chi connectivity index (χ2v) is 9.18. The molecule has 4 rings (SSSR count). The van der Waals surface area contributed by atoms with E-state index < -0.39 is 0 Å². The smallest absolute Gasteiger partial charge is 0.225 e. The van der Waals surface area contributed by atoms with Gasteiger partial charge in [0.15, 0.2) is 0 Å². The number of nitrogens with zero attached hydrogens (tertiary/aromatic N) is 4. The topological polar surface area (TPSA) is 104 Å². The Balaban J connectivity index is 1.15. The van der Waals surface area contributed by atoms with Gasteiger partial charge < -0.3 is 16.0 Å². The Morgan fingerprint density at radius 2 is 1.87 bits per heavy atom. The van der Waals surface area contributed by atoms with Gasteiger partial charge in [-0.05, 0) is 63.5 Å². The summed E-state index contributed by atoms with van der Waals surface area (Å²) in [5, 5.41) is 3.08. The Hall–Kier alpha value is -2.22. The molecule has 164 valence electrons. The number of primary amides is 1. The highest BCUT2D eigenvalue weighted by atomic mass is 16.2. The first kappa shape index (κ1) is 21.0. The minimum atomic E-state index is -0.295. The van der Waals surface area contributed by atoms with Crippen molar-refractivity contribution in [3.63, 3.8) is 0 Å². The maximum absolute atomic E-state index is 12.7. The predicted molar refractivity (Wildman–Crippen MR) is 115 cm³/mol. The molecule has 0 radical (unpaired) electrons. The number of piperazine rings is 1. The van der Waals surface area contributed by atoms with Crippen LogP contribution in [0.25, 0.3) is 0 Å². The van der Waals surface area contributed by atoms with Crippen molar-refractivity contribution in [2.75, 3.05) is 37.6 Å². The van der Waals surface area contributed by atoms with Gasteiger partial charge in [0, 0.05) is 44.6 Å². The molecule has 0 spiro atoms. The van der Waals surface area contributed by atoms with Crippen LogP contribution < -0.4 is 16.0 Å². The third kappa shape index (κ3) is 4.43. The van der Waals surface area contributed by atoms with Crippen molar-refractivity contribution in [2.24, 2.45) is 29.4 Å². The van der Waals surface area contributed by atoms with Crippen LogP contribution in [0, 0.1) is 23.7 Å². The number of anilines is 1. The van der Waals surface area contributed by atoms with E-state index in [9.17, 15) is 9.59 Å². The third-order valence-corrected chi connectivity index (χ3v) is 7.27. The average Bonchev–Trinajstić information content (AvgIpc) is 3.36. The predicted octanol–water partition coefficient (Wildman–Crippen LogP) is 1.03. The van der Waals surface area contributed by atoms with Crippen molar-refractivity contribution in [1.29, 1.82) is 0 Å². The molecule has 3 fully saturated rings. The van der Waals surface area contributed by atoms with Crippen LogP contribution in [-0.2, 0) is 9.59 Å². The van der Waals surface area contributed by atoms with E-state index >= 15 is 0 Å². The molecule has 1 aliphatic heterocycles. The van der Waals surface area contributed by atoms with E-state index in [1.165, 1.54) is 0 Å². The standard InChI is InChI=1S/C22H34N6O2/c1-15-14-27(11-12-28(15)22-25-8-4-9-26-22)10-3-2-7-24-21(30)19-17-6-5-16(13-17)18(19)20(23)29/h4,8-9,15-19H,2-3,5-7,10-14H2,1H3,(H2,23,29)(H,24,30)/t15?,16-,17+,18+,19-/m1/s1. The van der Waals surface area contributed by atoms with Crippen molar-refractivity contribution in [2.45, 2.75) is 45.1 Å². The highest BCUT2D eigenvalue weighted by Crippen LogP contribution is 2.52. The number of nitrogens with two attached hydrogens (primary N) is 1. The first-order valence-corrected chi connectivity index (χ1v) is 11.4. The molecule has 1 aromatic rings. The van der Waals surface area contributed by atoms with Gasteiger partial charge in [-0.2, -0.15) is 0 Å². The molecule has 1 unspecified atom stereocenters. The summed E-state index contributed by atoms with van der Waals surface area (Å²) in [5.41, 5.74) is 5.59. The van der Waals surface area contributed by atoms with Crippen molar-refractivity contribution >= 4 is 17.8 Å². The molecule has 2 heterocycles. The lowest BCUT2D eigenvalue weighted by atomic mass is 9.78. The highest BCUT2D eigenvalue weighted by Gasteiger charge is 2.53. The SMILES string of the molecule is CC1CN(CCCCNC(=O)[C@@H]2[C@H]3CC[C@H](C3)[C@@H]2C(N)=O)CCN1c1ncccn1. The van der Waals surface area contributed by atoms with Crippen LogP contribution in [-0.4, -0.2) is 65.4 Å². The Morgan fingerprint density at radius 1 is 1.13 bits per heavy atom. The number of rotatable bonds is 8. The molecule has 5 atom stereocenters. The summed E-state index contributed by atoms with van der Waals surface area (Å²) < 4.78 is 0. The lowest BCUT2D eigenvalue weighted by Gasteiger charge is -2.39. The lowest BCUT2D eigenvalue weighted by molar-refractivity contribution is -0.135. The zero-order valence-corrected chi connectivity index (χ0v) is 17.9. The van der Waals surface area contributed by atoms with Gasteiger partial charge in [0.05, 0.1) is 11.8 Å². The molecule has 8 heteroatoms. The highest BCUT2D eigenvalue weighted by molar-refractivity contribution is 5.88. The van der Waals surface area contributed by atoms with Crippen LogP contribution in [0.4, 0.5) is 5.95 Å². The van der Waals surface area contributed by atoms with Gasteiger partial charge >= 0.3 is 0 Å². The molecule has 1 saturated heterocycles. The molecular formula is C22H34N6O2. The minimum Gasteiger partial charge on any atom is -0.369 e. The monoisotopic (exact) mass is 414 g/mol. The Labute approximate surface area is 178 Å². The maximum Gasteiger partial charge on any atom is 0.225 e. The number of aromatic nitrogens is 2. The quantitative estimate of drug-likeness (QED) is 0.616. The average molecular weight is 415 g/mol. The van der Waals surface area contributed by atoms with E-state index in [2.05, 4.69) is 32.0 Å². The molecular weight excluding hydrogens is 380 g/mol. The molecule has 3 N–H and O–H groups in total. The fourth-order valence-corrected chi connectivity index (χ4v) is 5.84. The fraction of sp³-hybridized carbons (Fsp3) is 0.727. The van der Waals surface area contributed by atoms with Crippen LogP contribution in [0.5, 0.6) is 0 Å². The van der Waals surface area contributed by atoms with Crippen LogP contribution in [0.2, 0.25) is 0 Å². The number of carbonyl (C=O) groups is 2. The number of fused-ring (bicyclic) bond motifs is 2. The maximum atomic E-state index is 12.7. The van der Waals surface area contributed by atoms with E-state index in [1.54, 1.807) is 12.4 Å². The van der Waals surface area contributed by atoms with Crippen molar-refractivity contribution in [3.8, 4) is 0 Å². The van der Waals surface area contributed by atoms with E-state index in [0.717, 1.165) is 64.2 Å². The number of unbranched alkanes of at least 4 members (excludes halogenated alkanes) is 1. The summed E-state index contributed by atoms with van der Waals surface area (Å²) in [6, 6.07) is 2.22. The summed E-state index contributed by atoms with van der Waals surface area (Å²) in [6.07, 6.45) is 8.67. The van der Waals surface area contributed by atoms with Gasteiger partial charge in [0.25, 0.3) is 0 Å². The van der Waals surface area contributed by atoms with Gasteiger partial charge in [-0.25, -0.2) is 9.97 Å². The number of carbonyl (C=O) groups excluding carboxylic acids is 2. The molecule has 2 saturated carbocycles. The Bertz CT molecular complexity index is 744. The third-order valence-electron chi connectivity index (χ3n) is 7.27. The normalized spacial score (nSPS) is 31.1. The summed E-state index contributed by atoms with van der Waals surface area (Å²) in [6.45, 7) is 6.84. The number of nitrogens with one attached hydrogen (secondary N) is 1. The van der Waals surface area contributed by atoms with Crippen molar-refractivity contribution in [1.82, 2.24) is 20.2 Å². The molecule has 3 aliphatic rings. The molecule has 2 amide bonds. The number of amides is 2. The molecule has 2 aliphatic carbocycles. The second-order valence-electron chi connectivity index (χ2n) is 9.18. The van der Waals surface area contributed by atoms with Crippen molar-refractivity contribution < 1.29 is 9.59 Å². The van der Waals surface area contributed by atoms with E-state index in [0.29, 0.717) is 24.4 Å². The summed E-state index contributed by atoms with van der Waals surface area (Å²) in [4.78, 5) is 38.0. The molecule has 30 heavy (non-hydrogen) atoms. The van der Waals surface area contributed by atoms with Crippen LogP contribution in [0.1, 0.15) is 39.0 Å².